The van der Waals surface area contributed by atoms with Crippen molar-refractivity contribution in [3.63, 3.8) is 0 Å². The monoisotopic (exact) mass is 525 g/mol. The standard InChI is InChI=1S/C25H27N3O7.2Na/c1-14-8-21(29)23(24(32)28(14)2)27-25(33)26-20(13-22(30)31)17-9-16(11-19(12-17)35-4)15-6-5-7-18(10-15)34-3;;/h5-12,20,29H,13H2,1-4H3,(H,30,31)(H2,26,27,33);;/q;2*+1/p-2/t20-;;/m0../s1. The molecule has 2 amide bonds. The summed E-state index contributed by atoms with van der Waals surface area (Å²) in [5, 5.41) is 28.5. The Bertz CT molecular complexity index is 1330. The Morgan fingerprint density at radius 2 is 1.65 bits per heavy atom. The van der Waals surface area contributed by atoms with E-state index in [0.29, 0.717) is 28.3 Å². The summed E-state index contributed by atoms with van der Waals surface area (Å²) >= 11 is 0. The van der Waals surface area contributed by atoms with Gasteiger partial charge in [-0.3, -0.25) is 4.79 Å². The third kappa shape index (κ3) is 8.26. The van der Waals surface area contributed by atoms with Gasteiger partial charge in [-0.05, 0) is 60.0 Å². The molecule has 2 N–H and O–H groups in total. The van der Waals surface area contributed by atoms with Crippen LogP contribution in [0.4, 0.5) is 10.5 Å². The molecular formula is C25H25N3Na2O7. The number of hydrogen-bond acceptors (Lipinski definition) is 7. The zero-order chi connectivity index (χ0) is 25.7. The van der Waals surface area contributed by atoms with Crippen LogP contribution < -0.4 is 95.0 Å². The number of aromatic nitrogens is 1. The van der Waals surface area contributed by atoms with Crippen LogP contribution in [0.25, 0.3) is 11.1 Å². The Morgan fingerprint density at radius 1 is 1.00 bits per heavy atom. The number of anilines is 1. The molecule has 2 aromatic carbocycles. The third-order valence-corrected chi connectivity index (χ3v) is 5.52. The molecule has 0 aliphatic rings. The van der Waals surface area contributed by atoms with E-state index < -0.39 is 41.5 Å². The maximum absolute atomic E-state index is 12.7. The number of methoxy groups -OCH3 is 2. The van der Waals surface area contributed by atoms with Gasteiger partial charge in [0.05, 0.1) is 20.3 Å². The van der Waals surface area contributed by atoms with Crippen molar-refractivity contribution in [2.75, 3.05) is 19.5 Å². The molecule has 1 aromatic heterocycles. The average Bonchev–Trinajstić information content (AvgIpc) is 2.84. The number of amides is 2. The van der Waals surface area contributed by atoms with Gasteiger partial charge in [0.25, 0.3) is 5.56 Å². The third-order valence-electron chi connectivity index (χ3n) is 5.52. The molecule has 0 aliphatic carbocycles. The molecule has 12 heteroatoms. The van der Waals surface area contributed by atoms with Crippen molar-refractivity contribution < 1.29 is 88.4 Å². The van der Waals surface area contributed by atoms with Gasteiger partial charge in [0.1, 0.15) is 17.2 Å². The topological polar surface area (TPSA) is 145 Å². The Balaban J connectivity index is 0.00000342. The van der Waals surface area contributed by atoms with Crippen molar-refractivity contribution in [1.29, 1.82) is 0 Å². The summed E-state index contributed by atoms with van der Waals surface area (Å²) in [4.78, 5) is 36.6. The Kier molecular flexibility index (Phi) is 12.7. The van der Waals surface area contributed by atoms with E-state index in [1.54, 1.807) is 50.4 Å². The molecule has 0 bridgehead atoms. The number of nitrogens with one attached hydrogen (secondary N) is 2. The number of carbonyl (C=O) groups is 2. The largest absolute Gasteiger partial charge is 1.00 e. The molecule has 0 saturated carbocycles. The fraction of sp³-hybridized carbons (Fsp3) is 0.240. The summed E-state index contributed by atoms with van der Waals surface area (Å²) in [5.74, 6) is -1.00. The number of nitrogens with zero attached hydrogens (tertiary/aromatic N) is 1. The van der Waals surface area contributed by atoms with Gasteiger partial charge < -0.3 is 39.7 Å². The number of hydrogen-bond donors (Lipinski definition) is 2. The molecule has 0 unspecified atom stereocenters. The van der Waals surface area contributed by atoms with Crippen molar-refractivity contribution in [3.8, 4) is 28.4 Å². The van der Waals surface area contributed by atoms with Gasteiger partial charge in [0.2, 0.25) is 0 Å². The summed E-state index contributed by atoms with van der Waals surface area (Å²) in [6.45, 7) is 1.59. The van der Waals surface area contributed by atoms with Crippen LogP contribution in [0.5, 0.6) is 17.2 Å². The summed E-state index contributed by atoms with van der Waals surface area (Å²) in [7, 11) is 4.48. The number of aliphatic carboxylic acids is 1. The zero-order valence-corrected chi connectivity index (χ0v) is 25.7. The number of carboxylic acids is 1. The number of pyridine rings is 1. The minimum atomic E-state index is -1.41. The second-order valence-electron chi connectivity index (χ2n) is 7.84. The number of benzene rings is 2. The summed E-state index contributed by atoms with van der Waals surface area (Å²) in [5.41, 5.74) is 1.20. The number of rotatable bonds is 8. The molecule has 1 heterocycles. The fourth-order valence-corrected chi connectivity index (χ4v) is 3.54. The first kappa shape index (κ1) is 32.6. The molecule has 3 aromatic rings. The molecule has 0 saturated heterocycles. The first-order valence-corrected chi connectivity index (χ1v) is 10.6. The second kappa shape index (κ2) is 14.5. The van der Waals surface area contributed by atoms with E-state index in [9.17, 15) is 24.6 Å². The van der Waals surface area contributed by atoms with Gasteiger partial charge in [0.15, 0.2) is 0 Å². The van der Waals surface area contributed by atoms with Crippen LogP contribution in [-0.4, -0.2) is 30.8 Å². The summed E-state index contributed by atoms with van der Waals surface area (Å²) in [6.07, 6.45) is -0.561. The minimum absolute atomic E-state index is 0. The van der Waals surface area contributed by atoms with Crippen molar-refractivity contribution in [2.45, 2.75) is 19.4 Å². The molecule has 0 fully saturated rings. The van der Waals surface area contributed by atoms with Gasteiger partial charge in [-0.2, -0.15) is 0 Å². The quantitative estimate of drug-likeness (QED) is 0.282. The number of ether oxygens (including phenoxy) is 2. The minimum Gasteiger partial charge on any atom is -0.871 e. The van der Waals surface area contributed by atoms with Crippen LogP contribution in [0.2, 0.25) is 0 Å². The van der Waals surface area contributed by atoms with Crippen LogP contribution >= 0.6 is 0 Å². The van der Waals surface area contributed by atoms with E-state index in [1.807, 2.05) is 6.07 Å². The zero-order valence-electron chi connectivity index (χ0n) is 21.7. The number of carboxylic acid groups (broad SMARTS) is 1. The van der Waals surface area contributed by atoms with Crippen LogP contribution in [0.3, 0.4) is 0 Å². The molecular weight excluding hydrogens is 500 g/mol. The Labute approximate surface area is 258 Å². The van der Waals surface area contributed by atoms with Gasteiger partial charge in [-0.25, -0.2) is 4.79 Å². The van der Waals surface area contributed by atoms with Gasteiger partial charge in [-0.15, -0.1) is 0 Å². The van der Waals surface area contributed by atoms with Gasteiger partial charge in [0, 0.05) is 25.1 Å². The van der Waals surface area contributed by atoms with Gasteiger partial charge in [-0.1, -0.05) is 17.9 Å². The molecule has 1 atom stereocenters. The molecule has 37 heavy (non-hydrogen) atoms. The first-order chi connectivity index (χ1) is 16.6. The van der Waals surface area contributed by atoms with Gasteiger partial charge >= 0.3 is 65.1 Å². The van der Waals surface area contributed by atoms with Crippen molar-refractivity contribution in [3.05, 3.63) is 70.1 Å². The van der Waals surface area contributed by atoms with Crippen LogP contribution in [-0.2, 0) is 11.8 Å². The van der Waals surface area contributed by atoms with Crippen molar-refractivity contribution >= 4 is 17.7 Å². The Morgan fingerprint density at radius 3 is 2.27 bits per heavy atom. The SMILES string of the molecule is COc1cccc(-c2cc(OC)cc([C@H](CC(=O)[O-])NC(=O)Nc3c([O-])cc(C)n(C)c3=O)c2)c1.[Na+].[Na+]. The average molecular weight is 525 g/mol. The van der Waals surface area contributed by atoms with Crippen LogP contribution in [0.1, 0.15) is 23.7 Å². The van der Waals surface area contributed by atoms with Crippen molar-refractivity contribution in [2.24, 2.45) is 7.05 Å². The normalized spacial score (nSPS) is 10.8. The fourth-order valence-electron chi connectivity index (χ4n) is 3.54. The van der Waals surface area contributed by atoms with E-state index in [4.69, 9.17) is 9.47 Å². The van der Waals surface area contributed by atoms with Crippen LogP contribution in [0.15, 0.2) is 53.3 Å². The maximum Gasteiger partial charge on any atom is 1.00 e. The van der Waals surface area contributed by atoms with E-state index in [0.717, 1.165) is 5.56 Å². The number of aryl methyl sites for hydroxylation is 1. The predicted octanol–water partition coefficient (Wildman–Crippen LogP) is -4.54. The predicted molar refractivity (Wildman–Crippen MR) is 125 cm³/mol. The smallest absolute Gasteiger partial charge is 0.871 e. The molecule has 0 spiro atoms. The van der Waals surface area contributed by atoms with Crippen LogP contribution in [0, 0.1) is 6.92 Å². The Hall–Kier alpha value is -2.47. The first-order valence-electron chi connectivity index (χ1n) is 10.6. The van der Waals surface area contributed by atoms with E-state index in [2.05, 4.69) is 10.6 Å². The van der Waals surface area contributed by atoms with E-state index >= 15 is 0 Å². The molecule has 184 valence electrons. The van der Waals surface area contributed by atoms with Crippen molar-refractivity contribution in [1.82, 2.24) is 9.88 Å². The molecule has 3 rings (SSSR count). The number of urea groups is 1. The summed E-state index contributed by atoms with van der Waals surface area (Å²) < 4.78 is 11.9. The molecule has 0 aliphatic heterocycles. The van der Waals surface area contributed by atoms with E-state index in [-0.39, 0.29) is 59.1 Å². The second-order valence-corrected chi connectivity index (χ2v) is 7.84. The van der Waals surface area contributed by atoms with E-state index in [1.165, 1.54) is 24.8 Å². The molecule has 10 nitrogen and oxygen atoms in total. The summed E-state index contributed by atoms with van der Waals surface area (Å²) in [6, 6.07) is 11.5. The number of carbonyl (C=O) groups excluding carboxylic acids is 2. The maximum atomic E-state index is 12.7. The molecule has 0 radical (unpaired) electrons.